The van der Waals surface area contributed by atoms with Gasteiger partial charge in [-0.15, -0.1) is 0 Å². The van der Waals surface area contributed by atoms with E-state index in [0.717, 1.165) is 121 Å². The lowest BCUT2D eigenvalue weighted by atomic mass is 10.0. The number of allylic oxidation sites excluding steroid dienone is 4. The largest absolute Gasteiger partial charge is 0.472 e. The lowest BCUT2D eigenvalue weighted by Crippen LogP contribution is -2.30. The Morgan fingerprint density at radius 1 is 0.352 bits per heavy atom. The van der Waals surface area contributed by atoms with Crippen molar-refractivity contribution in [3.63, 3.8) is 0 Å². The number of esters is 4. The van der Waals surface area contributed by atoms with Crippen LogP contribution in [-0.2, 0) is 65.4 Å². The number of aliphatic hydroxyl groups is 1. The van der Waals surface area contributed by atoms with Gasteiger partial charge >= 0.3 is 39.5 Å². The highest BCUT2D eigenvalue weighted by molar-refractivity contribution is 7.47. The van der Waals surface area contributed by atoms with E-state index < -0.39 is 97.5 Å². The van der Waals surface area contributed by atoms with Gasteiger partial charge in [0.1, 0.15) is 19.3 Å². The molecular formula is C69H130O17P2. The summed E-state index contributed by atoms with van der Waals surface area (Å²) in [5.41, 5.74) is 0. The maximum absolute atomic E-state index is 13.0. The Labute approximate surface area is 535 Å². The predicted molar refractivity (Wildman–Crippen MR) is 354 cm³/mol. The quantitative estimate of drug-likeness (QED) is 0.0169. The van der Waals surface area contributed by atoms with E-state index in [2.05, 4.69) is 72.8 Å². The standard InChI is InChI=1S/C69H130O17P2/c1-8-9-10-11-12-13-14-15-16-17-18-22-29-38-45-52-68(73)85-64(56-79-66(71)50-43-36-31-24-27-34-41-48-61(4)5)58-83-87(75,76)81-54-63(70)55-82-88(77,78)84-59-65(57-80-67(72)51-44-37-32-25-28-35-42-49-62(6)7)86-69(74)53-46-39-30-23-20-19-21-26-33-40-47-60(2)3/h13-16,60-65,70H,8-12,17-59H2,1-7H3,(H,75,76)(H,77,78)/b14-13-,16-15-/t63?,64-,65-/m1/s1. The van der Waals surface area contributed by atoms with Crippen molar-refractivity contribution in [2.45, 2.75) is 336 Å². The second-order valence-electron chi connectivity index (χ2n) is 25.7. The first-order chi connectivity index (χ1) is 42.2. The van der Waals surface area contributed by atoms with Gasteiger partial charge in [-0.1, -0.05) is 265 Å². The van der Waals surface area contributed by atoms with Crippen LogP contribution in [0.2, 0.25) is 0 Å². The number of phosphoric acid groups is 2. The van der Waals surface area contributed by atoms with Gasteiger partial charge in [0, 0.05) is 25.7 Å². The van der Waals surface area contributed by atoms with Crippen LogP contribution in [0.3, 0.4) is 0 Å². The average molecular weight is 1290 g/mol. The van der Waals surface area contributed by atoms with Crippen molar-refractivity contribution in [2.24, 2.45) is 17.8 Å². The smallest absolute Gasteiger partial charge is 0.462 e. The monoisotopic (exact) mass is 1290 g/mol. The van der Waals surface area contributed by atoms with Gasteiger partial charge in [-0.05, 0) is 69.1 Å². The molecule has 0 saturated heterocycles. The predicted octanol–water partition coefficient (Wildman–Crippen LogP) is 19.0. The van der Waals surface area contributed by atoms with Gasteiger partial charge in [0.05, 0.1) is 26.4 Å². The SMILES string of the molecule is CCCCCC/C=C\C=C/CCCCCCCC(=O)O[C@H](COC(=O)CCCCCCCCCC(C)C)COP(=O)(O)OCC(O)COP(=O)(O)OC[C@@H](COC(=O)CCCCCCCCCC(C)C)OC(=O)CCCCCCCCCCCCC(C)C. The summed E-state index contributed by atoms with van der Waals surface area (Å²) in [7, 11) is -9.91. The minimum absolute atomic E-state index is 0.0836. The number of carbonyl (C=O) groups excluding carboxylic acids is 4. The number of carbonyl (C=O) groups is 4. The van der Waals surface area contributed by atoms with Gasteiger partial charge in [0.15, 0.2) is 12.2 Å². The van der Waals surface area contributed by atoms with Crippen LogP contribution in [0.15, 0.2) is 24.3 Å². The summed E-state index contributed by atoms with van der Waals surface area (Å²) in [5, 5.41) is 10.6. The minimum atomic E-state index is -4.96. The molecule has 88 heavy (non-hydrogen) atoms. The third-order valence-corrected chi connectivity index (χ3v) is 17.2. The molecule has 0 aliphatic rings. The van der Waals surface area contributed by atoms with Crippen LogP contribution < -0.4 is 0 Å². The van der Waals surface area contributed by atoms with Crippen molar-refractivity contribution in [2.75, 3.05) is 39.6 Å². The Hall–Kier alpha value is -2.46. The van der Waals surface area contributed by atoms with Gasteiger partial charge in [0.2, 0.25) is 0 Å². The molecule has 0 aliphatic carbocycles. The third-order valence-electron chi connectivity index (χ3n) is 15.3. The summed E-state index contributed by atoms with van der Waals surface area (Å²) in [5.74, 6) is -0.00539. The highest BCUT2D eigenvalue weighted by Crippen LogP contribution is 2.45. The van der Waals surface area contributed by atoms with Crippen LogP contribution in [0.4, 0.5) is 0 Å². The molecule has 17 nitrogen and oxygen atoms in total. The molecule has 0 fully saturated rings. The normalized spacial score (nSPS) is 14.4. The van der Waals surface area contributed by atoms with E-state index in [4.69, 9.17) is 37.0 Å². The van der Waals surface area contributed by atoms with Crippen molar-refractivity contribution in [3.8, 4) is 0 Å². The fraction of sp³-hybridized carbons (Fsp3) is 0.884. The number of phosphoric ester groups is 2. The molecule has 3 N–H and O–H groups in total. The Balaban J connectivity index is 5.29. The number of hydrogen-bond donors (Lipinski definition) is 3. The van der Waals surface area contributed by atoms with E-state index in [1.807, 2.05) is 0 Å². The number of unbranched alkanes of at least 4 members (excludes halogenated alkanes) is 30. The first-order valence-corrected chi connectivity index (χ1v) is 38.2. The third kappa shape index (κ3) is 62.4. The van der Waals surface area contributed by atoms with Gasteiger partial charge in [-0.3, -0.25) is 37.3 Å². The maximum atomic E-state index is 13.0. The molecule has 0 amide bonds. The Morgan fingerprint density at radius 2 is 0.614 bits per heavy atom. The van der Waals surface area contributed by atoms with E-state index in [1.54, 1.807) is 0 Å². The zero-order valence-corrected chi connectivity index (χ0v) is 58.5. The topological polar surface area (TPSA) is 237 Å². The number of ether oxygens (including phenoxy) is 4. The van der Waals surface area contributed by atoms with Crippen molar-refractivity contribution in [3.05, 3.63) is 24.3 Å². The summed E-state index contributed by atoms with van der Waals surface area (Å²) < 4.78 is 68.1. The van der Waals surface area contributed by atoms with Gasteiger partial charge in [-0.25, -0.2) is 9.13 Å². The first kappa shape index (κ1) is 85.5. The summed E-state index contributed by atoms with van der Waals surface area (Å²) in [6.45, 7) is 11.6. The van der Waals surface area contributed by atoms with Crippen LogP contribution in [0.25, 0.3) is 0 Å². The van der Waals surface area contributed by atoms with E-state index in [9.17, 15) is 43.2 Å². The Bertz CT molecular complexity index is 1830. The summed E-state index contributed by atoms with van der Waals surface area (Å²) in [4.78, 5) is 72.4. The highest BCUT2D eigenvalue weighted by atomic mass is 31.2. The molecule has 0 aromatic carbocycles. The molecule has 0 radical (unpaired) electrons. The zero-order chi connectivity index (χ0) is 65.2. The van der Waals surface area contributed by atoms with Gasteiger partial charge in [0.25, 0.3) is 0 Å². The van der Waals surface area contributed by atoms with Crippen molar-refractivity contribution in [1.29, 1.82) is 0 Å². The van der Waals surface area contributed by atoms with Crippen LogP contribution in [0.5, 0.6) is 0 Å². The number of hydrogen-bond acceptors (Lipinski definition) is 15. The first-order valence-electron chi connectivity index (χ1n) is 35.2. The van der Waals surface area contributed by atoms with E-state index >= 15 is 0 Å². The molecule has 0 aliphatic heterocycles. The molecule has 0 heterocycles. The molecule has 5 atom stereocenters. The van der Waals surface area contributed by atoms with Crippen LogP contribution in [0, 0.1) is 17.8 Å². The van der Waals surface area contributed by atoms with Crippen LogP contribution in [-0.4, -0.2) is 96.7 Å². The fourth-order valence-corrected chi connectivity index (χ4v) is 11.4. The molecule has 518 valence electrons. The van der Waals surface area contributed by atoms with Gasteiger partial charge in [-0.2, -0.15) is 0 Å². The van der Waals surface area contributed by atoms with Crippen molar-refractivity contribution >= 4 is 39.5 Å². The lowest BCUT2D eigenvalue weighted by molar-refractivity contribution is -0.161. The fourth-order valence-electron chi connectivity index (χ4n) is 9.82. The second kappa shape index (κ2) is 59.5. The summed E-state index contributed by atoms with van der Waals surface area (Å²) in [6, 6.07) is 0. The average Bonchev–Trinajstić information content (AvgIpc) is 3.60. The van der Waals surface area contributed by atoms with Crippen molar-refractivity contribution < 1.29 is 80.2 Å². The van der Waals surface area contributed by atoms with Crippen molar-refractivity contribution in [1.82, 2.24) is 0 Å². The molecule has 3 unspecified atom stereocenters. The van der Waals surface area contributed by atoms with Crippen LogP contribution >= 0.6 is 15.6 Å². The molecule has 19 heteroatoms. The van der Waals surface area contributed by atoms with E-state index in [0.29, 0.717) is 37.5 Å². The Morgan fingerprint density at radius 3 is 0.920 bits per heavy atom. The molecule has 0 spiro atoms. The molecule has 0 bridgehead atoms. The number of rotatable bonds is 65. The Kier molecular flexibility index (Phi) is 57.9. The molecule has 0 rings (SSSR count). The molecule has 0 aromatic heterocycles. The minimum Gasteiger partial charge on any atom is -0.462 e. The van der Waals surface area contributed by atoms with E-state index in [1.165, 1.54) is 103 Å². The number of aliphatic hydroxyl groups excluding tert-OH is 1. The van der Waals surface area contributed by atoms with Gasteiger partial charge < -0.3 is 33.8 Å². The maximum Gasteiger partial charge on any atom is 0.472 e. The lowest BCUT2D eigenvalue weighted by Gasteiger charge is -2.21. The zero-order valence-electron chi connectivity index (χ0n) is 56.7. The molecular weight excluding hydrogens is 1160 g/mol. The van der Waals surface area contributed by atoms with Crippen LogP contribution in [0.1, 0.15) is 318 Å². The molecule has 0 saturated carbocycles. The van der Waals surface area contributed by atoms with E-state index in [-0.39, 0.29) is 25.7 Å². The summed E-state index contributed by atoms with van der Waals surface area (Å²) >= 11 is 0. The second-order valence-corrected chi connectivity index (χ2v) is 28.6. The highest BCUT2D eigenvalue weighted by Gasteiger charge is 2.30. The summed E-state index contributed by atoms with van der Waals surface area (Å²) in [6.07, 6.45) is 45.4. The molecule has 0 aromatic rings.